The van der Waals surface area contributed by atoms with Crippen LogP contribution in [0.1, 0.15) is 41.3 Å². The summed E-state index contributed by atoms with van der Waals surface area (Å²) in [4.78, 5) is 26.9. The van der Waals surface area contributed by atoms with Crippen LogP contribution in [-0.4, -0.2) is 31.6 Å². The van der Waals surface area contributed by atoms with Gasteiger partial charge < -0.3 is 15.0 Å². The number of hydrogen-bond donors (Lipinski definition) is 1. The number of nitrogens with zero attached hydrogens (tertiary/aromatic N) is 1. The van der Waals surface area contributed by atoms with E-state index in [4.69, 9.17) is 4.74 Å². The molecule has 0 atom stereocenters. The van der Waals surface area contributed by atoms with E-state index in [0.29, 0.717) is 12.2 Å². The normalized spacial score (nSPS) is 14.6. The van der Waals surface area contributed by atoms with Gasteiger partial charge in [0.15, 0.2) is 0 Å². The van der Waals surface area contributed by atoms with Gasteiger partial charge in [0.05, 0.1) is 12.2 Å². The van der Waals surface area contributed by atoms with Crippen LogP contribution in [0.15, 0.2) is 42.5 Å². The molecule has 1 aliphatic rings. The number of piperidine rings is 1. The predicted molar refractivity (Wildman–Crippen MR) is 112 cm³/mol. The molecule has 1 fully saturated rings. The van der Waals surface area contributed by atoms with Crippen LogP contribution < -0.4 is 10.2 Å². The fraction of sp³-hybridized carbons (Fsp3) is 0.391. The molecule has 148 valence electrons. The molecule has 1 saturated heterocycles. The lowest BCUT2D eigenvalue weighted by Crippen LogP contribution is -2.38. The van der Waals surface area contributed by atoms with E-state index >= 15 is 0 Å². The number of aryl methyl sites for hydroxylation is 2. The first-order valence-corrected chi connectivity index (χ1v) is 9.88. The number of benzene rings is 2. The first kappa shape index (κ1) is 19.9. The van der Waals surface area contributed by atoms with E-state index in [9.17, 15) is 9.59 Å². The van der Waals surface area contributed by atoms with Crippen LogP contribution in [0.25, 0.3) is 0 Å². The lowest BCUT2D eigenvalue weighted by Gasteiger charge is -2.33. The first-order chi connectivity index (χ1) is 13.5. The molecular weight excluding hydrogens is 352 g/mol. The molecule has 0 aromatic heterocycles. The number of hydrogen-bond acceptors (Lipinski definition) is 4. The van der Waals surface area contributed by atoms with Crippen LogP contribution in [0.5, 0.6) is 0 Å². The molecule has 5 heteroatoms. The van der Waals surface area contributed by atoms with Crippen molar-refractivity contribution in [1.82, 2.24) is 0 Å². The number of carbonyl (C=O) groups is 2. The molecular formula is C23H28N2O3. The number of ether oxygens (including phenoxy) is 1. The van der Waals surface area contributed by atoms with Gasteiger partial charge in [-0.2, -0.15) is 0 Å². The first-order valence-electron chi connectivity index (χ1n) is 9.88. The Morgan fingerprint density at radius 1 is 1.07 bits per heavy atom. The van der Waals surface area contributed by atoms with Crippen LogP contribution in [0.2, 0.25) is 0 Å². The van der Waals surface area contributed by atoms with Crippen molar-refractivity contribution in [2.24, 2.45) is 5.92 Å². The number of carbonyl (C=O) groups excluding carboxylic acids is 2. The van der Waals surface area contributed by atoms with Gasteiger partial charge in [-0.05, 0) is 69.5 Å². The van der Waals surface area contributed by atoms with E-state index < -0.39 is 0 Å². The minimum atomic E-state index is -0.341. The lowest BCUT2D eigenvalue weighted by atomic mass is 9.95. The lowest BCUT2D eigenvalue weighted by molar-refractivity contribution is -0.120. The summed E-state index contributed by atoms with van der Waals surface area (Å²) >= 11 is 0. The van der Waals surface area contributed by atoms with E-state index in [1.165, 1.54) is 11.3 Å². The van der Waals surface area contributed by atoms with Gasteiger partial charge >= 0.3 is 5.97 Å². The Morgan fingerprint density at radius 3 is 2.36 bits per heavy atom. The summed E-state index contributed by atoms with van der Waals surface area (Å²) in [7, 11) is 0. The van der Waals surface area contributed by atoms with E-state index in [1.807, 2.05) is 6.92 Å². The van der Waals surface area contributed by atoms with E-state index in [0.717, 1.165) is 37.2 Å². The summed E-state index contributed by atoms with van der Waals surface area (Å²) < 4.78 is 5.02. The number of amides is 1. The zero-order chi connectivity index (χ0) is 20.1. The summed E-state index contributed by atoms with van der Waals surface area (Å²) in [5, 5.41) is 3.03. The van der Waals surface area contributed by atoms with Gasteiger partial charge in [0.25, 0.3) is 0 Å². The Hall–Kier alpha value is -2.82. The fourth-order valence-electron chi connectivity index (χ4n) is 3.54. The van der Waals surface area contributed by atoms with E-state index in [-0.39, 0.29) is 17.8 Å². The molecule has 0 bridgehead atoms. The van der Waals surface area contributed by atoms with Gasteiger partial charge in [0, 0.05) is 30.4 Å². The summed E-state index contributed by atoms with van der Waals surface area (Å²) in [6, 6.07) is 13.8. The molecule has 1 N–H and O–H groups in total. The topological polar surface area (TPSA) is 58.6 Å². The summed E-state index contributed by atoms with van der Waals surface area (Å²) in [5.74, 6) is -0.284. The average Bonchev–Trinajstić information content (AvgIpc) is 2.70. The molecule has 1 heterocycles. The third-order valence-corrected chi connectivity index (χ3v) is 5.26. The molecule has 28 heavy (non-hydrogen) atoms. The highest BCUT2D eigenvalue weighted by atomic mass is 16.5. The molecule has 0 saturated carbocycles. The van der Waals surface area contributed by atoms with Gasteiger partial charge in [-0.25, -0.2) is 4.79 Å². The monoisotopic (exact) mass is 380 g/mol. The third kappa shape index (κ3) is 4.71. The zero-order valence-corrected chi connectivity index (χ0v) is 16.8. The van der Waals surface area contributed by atoms with Crippen LogP contribution >= 0.6 is 0 Å². The van der Waals surface area contributed by atoms with Crippen molar-refractivity contribution in [3.05, 3.63) is 59.2 Å². The largest absolute Gasteiger partial charge is 0.462 e. The van der Waals surface area contributed by atoms with Gasteiger partial charge in [-0.1, -0.05) is 17.7 Å². The minimum absolute atomic E-state index is 0.00540. The zero-order valence-electron chi connectivity index (χ0n) is 16.8. The van der Waals surface area contributed by atoms with Crippen molar-refractivity contribution in [2.75, 3.05) is 29.9 Å². The molecule has 3 rings (SSSR count). The molecule has 0 unspecified atom stereocenters. The predicted octanol–water partition coefficient (Wildman–Crippen LogP) is 4.34. The second-order valence-electron chi connectivity index (χ2n) is 7.34. The van der Waals surface area contributed by atoms with E-state index in [2.05, 4.69) is 41.4 Å². The molecule has 1 aliphatic heterocycles. The molecule has 2 aromatic carbocycles. The van der Waals surface area contributed by atoms with Gasteiger partial charge in [-0.3, -0.25) is 4.79 Å². The van der Waals surface area contributed by atoms with Crippen molar-refractivity contribution in [3.63, 3.8) is 0 Å². The summed E-state index contributed by atoms with van der Waals surface area (Å²) in [6.07, 6.45) is 1.67. The summed E-state index contributed by atoms with van der Waals surface area (Å²) in [6.45, 7) is 7.85. The highest BCUT2D eigenvalue weighted by molar-refractivity contribution is 5.95. The minimum Gasteiger partial charge on any atom is -0.462 e. The number of anilines is 2. The van der Waals surface area contributed by atoms with Crippen LogP contribution in [0.4, 0.5) is 11.4 Å². The molecule has 0 spiro atoms. The van der Waals surface area contributed by atoms with Crippen LogP contribution in [0.3, 0.4) is 0 Å². The molecule has 5 nitrogen and oxygen atoms in total. The van der Waals surface area contributed by atoms with Crippen molar-refractivity contribution < 1.29 is 14.3 Å². The van der Waals surface area contributed by atoms with E-state index in [1.54, 1.807) is 25.1 Å². The second-order valence-corrected chi connectivity index (χ2v) is 7.34. The molecule has 0 radical (unpaired) electrons. The molecule has 2 aromatic rings. The number of rotatable bonds is 5. The summed E-state index contributed by atoms with van der Waals surface area (Å²) in [5.41, 5.74) is 4.58. The SMILES string of the molecule is CCOC(=O)c1ccc(NC(=O)C2CCN(c3ccc(C)cc3)CC2)c(C)c1. The maximum atomic E-state index is 12.7. The van der Waals surface area contributed by atoms with Crippen molar-refractivity contribution in [3.8, 4) is 0 Å². The van der Waals surface area contributed by atoms with Gasteiger partial charge in [0.1, 0.15) is 0 Å². The van der Waals surface area contributed by atoms with Gasteiger partial charge in [-0.15, -0.1) is 0 Å². The van der Waals surface area contributed by atoms with Gasteiger partial charge in [0.2, 0.25) is 5.91 Å². The average molecular weight is 380 g/mol. The standard InChI is InChI=1S/C23H28N2O3/c1-4-28-23(27)19-7-10-21(17(3)15-19)24-22(26)18-11-13-25(14-12-18)20-8-5-16(2)6-9-20/h5-10,15,18H,4,11-14H2,1-3H3,(H,24,26). The number of nitrogens with one attached hydrogen (secondary N) is 1. The Balaban J connectivity index is 1.57. The Morgan fingerprint density at radius 2 is 1.75 bits per heavy atom. The van der Waals surface area contributed by atoms with Crippen molar-refractivity contribution >= 4 is 23.3 Å². The molecule has 1 amide bonds. The smallest absolute Gasteiger partial charge is 0.338 e. The maximum Gasteiger partial charge on any atom is 0.338 e. The Labute approximate surface area is 166 Å². The van der Waals surface area contributed by atoms with Crippen LogP contribution in [0, 0.1) is 19.8 Å². The maximum absolute atomic E-state index is 12.7. The quantitative estimate of drug-likeness (QED) is 0.784. The number of esters is 1. The highest BCUT2D eigenvalue weighted by Gasteiger charge is 2.25. The second kappa shape index (κ2) is 8.91. The highest BCUT2D eigenvalue weighted by Crippen LogP contribution is 2.25. The van der Waals surface area contributed by atoms with Crippen LogP contribution in [-0.2, 0) is 9.53 Å². The Kier molecular flexibility index (Phi) is 6.34. The third-order valence-electron chi connectivity index (χ3n) is 5.26. The van der Waals surface area contributed by atoms with Crippen molar-refractivity contribution in [1.29, 1.82) is 0 Å². The fourth-order valence-corrected chi connectivity index (χ4v) is 3.54. The molecule has 0 aliphatic carbocycles. The van der Waals surface area contributed by atoms with Crippen molar-refractivity contribution in [2.45, 2.75) is 33.6 Å². The Bertz CT molecular complexity index is 837.